The van der Waals surface area contributed by atoms with E-state index in [9.17, 15) is 9.59 Å². The second-order valence-corrected chi connectivity index (χ2v) is 7.91. The van der Waals surface area contributed by atoms with Gasteiger partial charge in [-0.05, 0) is 31.5 Å². The number of Topliss-reactive ketones (excluding diaryl/α,β-unsaturated/α-hetero) is 1. The molecule has 1 N–H and O–H groups in total. The number of terminal acetylenes is 1. The molecule has 1 aliphatic heterocycles. The standard InChI is InChI=1S/C26H22ClNO5/c1-5-11-33-25-18(27)12-15(13-19(25)31-4)21-20(26(30)32-6-2)14(3)28-23-16-9-7-8-10-17(16)24(29)22(21)23/h1,7-10,12-13,21,28H,6,11H2,2-4H3/t21-/m1/s1. The molecule has 0 saturated carbocycles. The molecule has 0 fully saturated rings. The van der Waals surface area contributed by atoms with Gasteiger partial charge >= 0.3 is 5.97 Å². The highest BCUT2D eigenvalue weighted by molar-refractivity contribution is 6.32. The Kier molecular flexibility index (Phi) is 6.17. The minimum Gasteiger partial charge on any atom is -0.493 e. The predicted molar refractivity (Wildman–Crippen MR) is 125 cm³/mol. The largest absolute Gasteiger partial charge is 0.493 e. The summed E-state index contributed by atoms with van der Waals surface area (Å²) in [6, 6.07) is 10.7. The molecule has 4 rings (SSSR count). The fraction of sp³-hybridized carbons (Fsp3) is 0.231. The lowest BCUT2D eigenvalue weighted by atomic mass is 9.79. The van der Waals surface area contributed by atoms with Gasteiger partial charge < -0.3 is 19.5 Å². The number of carbonyl (C=O) groups is 2. The number of hydrogen-bond acceptors (Lipinski definition) is 6. The Morgan fingerprint density at radius 2 is 1.97 bits per heavy atom. The van der Waals surface area contributed by atoms with Crippen LogP contribution >= 0.6 is 11.6 Å². The number of allylic oxidation sites excluding steroid dienone is 2. The predicted octanol–water partition coefficient (Wildman–Crippen LogP) is 4.49. The van der Waals surface area contributed by atoms with Crippen LogP contribution in [0.3, 0.4) is 0 Å². The Morgan fingerprint density at radius 3 is 2.64 bits per heavy atom. The maximum absolute atomic E-state index is 13.5. The van der Waals surface area contributed by atoms with Crippen molar-refractivity contribution in [1.29, 1.82) is 0 Å². The number of halogens is 1. The lowest BCUT2D eigenvalue weighted by Crippen LogP contribution is -2.29. The first-order valence-corrected chi connectivity index (χ1v) is 10.8. The van der Waals surface area contributed by atoms with Crippen LogP contribution in [0.2, 0.25) is 5.02 Å². The molecule has 0 amide bonds. The molecular formula is C26H22ClNO5. The third-order valence-electron chi connectivity index (χ3n) is 5.63. The smallest absolute Gasteiger partial charge is 0.336 e. The van der Waals surface area contributed by atoms with Gasteiger partial charge in [-0.15, -0.1) is 6.42 Å². The van der Waals surface area contributed by atoms with Gasteiger partial charge in [-0.2, -0.15) is 0 Å². The van der Waals surface area contributed by atoms with Gasteiger partial charge in [0.25, 0.3) is 0 Å². The summed E-state index contributed by atoms with van der Waals surface area (Å²) in [7, 11) is 1.48. The van der Waals surface area contributed by atoms with Crippen molar-refractivity contribution in [2.75, 3.05) is 20.3 Å². The normalized spacial score (nSPS) is 16.6. The quantitative estimate of drug-likeness (QED) is 0.502. The van der Waals surface area contributed by atoms with Crippen LogP contribution in [0.4, 0.5) is 0 Å². The van der Waals surface area contributed by atoms with Gasteiger partial charge in [0.15, 0.2) is 17.3 Å². The van der Waals surface area contributed by atoms with Crippen LogP contribution in [0, 0.1) is 12.3 Å². The SMILES string of the molecule is C#CCOc1c(Cl)cc([C@@H]2C(C(=O)OCC)=C(C)NC3=C2C(=O)c2ccccc23)cc1OC. The molecule has 0 aromatic heterocycles. The molecule has 0 unspecified atom stereocenters. The second kappa shape index (κ2) is 9.05. The Labute approximate surface area is 197 Å². The number of esters is 1. The molecule has 1 heterocycles. The molecule has 1 aliphatic carbocycles. The van der Waals surface area contributed by atoms with Gasteiger partial charge in [-0.25, -0.2) is 4.79 Å². The van der Waals surface area contributed by atoms with Gasteiger partial charge in [0.05, 0.1) is 30.0 Å². The van der Waals surface area contributed by atoms with E-state index in [4.69, 9.17) is 32.2 Å². The minimum atomic E-state index is -0.715. The van der Waals surface area contributed by atoms with Gasteiger partial charge in [0, 0.05) is 28.3 Å². The van der Waals surface area contributed by atoms with E-state index in [-0.39, 0.29) is 24.0 Å². The molecule has 2 aromatic carbocycles. The van der Waals surface area contributed by atoms with Crippen molar-refractivity contribution < 1.29 is 23.8 Å². The number of hydrogen-bond donors (Lipinski definition) is 1. The molecule has 2 aromatic rings. The van der Waals surface area contributed by atoms with Crippen molar-refractivity contribution in [2.45, 2.75) is 19.8 Å². The number of nitrogens with one attached hydrogen (secondary N) is 1. The van der Waals surface area contributed by atoms with Crippen LogP contribution in [0.5, 0.6) is 11.5 Å². The molecule has 0 saturated heterocycles. The molecule has 168 valence electrons. The van der Waals surface area contributed by atoms with Crippen LogP contribution < -0.4 is 14.8 Å². The van der Waals surface area contributed by atoms with Crippen LogP contribution in [-0.4, -0.2) is 32.1 Å². The monoisotopic (exact) mass is 463 g/mol. The zero-order valence-electron chi connectivity index (χ0n) is 18.5. The van der Waals surface area contributed by atoms with Gasteiger partial charge in [0.2, 0.25) is 0 Å². The Hall–Kier alpha value is -3.69. The molecule has 0 bridgehead atoms. The van der Waals surface area contributed by atoms with E-state index in [0.29, 0.717) is 45.2 Å². The first kappa shape index (κ1) is 22.5. The third kappa shape index (κ3) is 3.75. The zero-order valence-corrected chi connectivity index (χ0v) is 19.2. The van der Waals surface area contributed by atoms with Crippen LogP contribution in [0.1, 0.15) is 41.3 Å². The molecule has 2 aliphatic rings. The lowest BCUT2D eigenvalue weighted by Gasteiger charge is -2.29. The molecule has 7 heteroatoms. The van der Waals surface area contributed by atoms with Gasteiger partial charge in [0.1, 0.15) is 6.61 Å². The fourth-order valence-electron chi connectivity index (χ4n) is 4.30. The van der Waals surface area contributed by atoms with Crippen molar-refractivity contribution in [3.05, 3.63) is 75.0 Å². The maximum atomic E-state index is 13.5. The minimum absolute atomic E-state index is 0.0129. The second-order valence-electron chi connectivity index (χ2n) is 7.51. The summed E-state index contributed by atoms with van der Waals surface area (Å²) in [6.45, 7) is 3.74. The molecule has 1 atom stereocenters. The molecule has 6 nitrogen and oxygen atoms in total. The Bertz CT molecular complexity index is 1270. The summed E-state index contributed by atoms with van der Waals surface area (Å²) in [6.07, 6.45) is 5.31. The summed E-state index contributed by atoms with van der Waals surface area (Å²) < 4.78 is 16.4. The van der Waals surface area contributed by atoms with Crippen LogP contribution in [0.15, 0.2) is 53.2 Å². The Morgan fingerprint density at radius 1 is 1.24 bits per heavy atom. The van der Waals surface area contributed by atoms with E-state index in [1.54, 1.807) is 32.0 Å². The topological polar surface area (TPSA) is 73.9 Å². The average Bonchev–Trinajstić information content (AvgIpc) is 3.08. The first-order chi connectivity index (χ1) is 15.9. The lowest BCUT2D eigenvalue weighted by molar-refractivity contribution is -0.138. The summed E-state index contributed by atoms with van der Waals surface area (Å²) in [5.74, 6) is 1.65. The van der Waals surface area contributed by atoms with Crippen LogP contribution in [-0.2, 0) is 9.53 Å². The maximum Gasteiger partial charge on any atom is 0.336 e. The number of rotatable bonds is 6. The number of fused-ring (bicyclic) bond motifs is 2. The highest BCUT2D eigenvalue weighted by Gasteiger charge is 2.43. The molecular weight excluding hydrogens is 442 g/mol. The number of methoxy groups -OCH3 is 1. The number of dihydropyridines is 1. The number of carbonyl (C=O) groups excluding carboxylic acids is 2. The summed E-state index contributed by atoms with van der Waals surface area (Å²) in [5, 5.41) is 3.52. The average molecular weight is 464 g/mol. The summed E-state index contributed by atoms with van der Waals surface area (Å²) >= 11 is 6.54. The third-order valence-corrected chi connectivity index (χ3v) is 5.91. The summed E-state index contributed by atoms with van der Waals surface area (Å²) in [4.78, 5) is 26.6. The highest BCUT2D eigenvalue weighted by atomic mass is 35.5. The van der Waals surface area contributed by atoms with E-state index >= 15 is 0 Å². The van der Waals surface area contributed by atoms with E-state index in [1.807, 2.05) is 18.2 Å². The number of benzene rings is 2. The first-order valence-electron chi connectivity index (χ1n) is 10.4. The summed E-state index contributed by atoms with van der Waals surface area (Å²) in [5.41, 5.74) is 4.04. The van der Waals surface area contributed by atoms with Gasteiger partial charge in [-0.1, -0.05) is 41.8 Å². The van der Waals surface area contributed by atoms with E-state index in [1.165, 1.54) is 7.11 Å². The van der Waals surface area contributed by atoms with E-state index in [2.05, 4.69) is 11.2 Å². The highest BCUT2D eigenvalue weighted by Crippen LogP contribution is 2.49. The van der Waals surface area contributed by atoms with E-state index < -0.39 is 11.9 Å². The van der Waals surface area contributed by atoms with Crippen molar-refractivity contribution in [1.82, 2.24) is 5.32 Å². The Balaban J connectivity index is 1.93. The van der Waals surface area contributed by atoms with E-state index in [0.717, 1.165) is 5.56 Å². The zero-order chi connectivity index (χ0) is 23.7. The number of ether oxygens (including phenoxy) is 3. The van der Waals surface area contributed by atoms with Crippen molar-refractivity contribution in [3.8, 4) is 23.8 Å². The molecule has 0 spiro atoms. The molecule has 0 radical (unpaired) electrons. The van der Waals surface area contributed by atoms with Crippen molar-refractivity contribution >= 4 is 29.1 Å². The van der Waals surface area contributed by atoms with Crippen molar-refractivity contribution in [3.63, 3.8) is 0 Å². The van der Waals surface area contributed by atoms with Crippen molar-refractivity contribution in [2.24, 2.45) is 0 Å². The number of ketones is 1. The van der Waals surface area contributed by atoms with Crippen LogP contribution in [0.25, 0.3) is 5.70 Å². The van der Waals surface area contributed by atoms with Gasteiger partial charge in [-0.3, -0.25) is 4.79 Å². The fourth-order valence-corrected chi connectivity index (χ4v) is 4.58. The molecule has 33 heavy (non-hydrogen) atoms.